The third-order valence-electron chi connectivity index (χ3n) is 3.82. The topological polar surface area (TPSA) is 72.2 Å². The first-order chi connectivity index (χ1) is 12.9. The van der Waals surface area contributed by atoms with E-state index in [0.717, 1.165) is 9.79 Å². The van der Waals surface area contributed by atoms with Gasteiger partial charge in [-0.3, -0.25) is 14.9 Å². The first-order valence-corrected chi connectivity index (χ1v) is 9.22. The number of nitro groups is 1. The van der Waals surface area contributed by atoms with Gasteiger partial charge in [-0.25, -0.2) is 0 Å². The van der Waals surface area contributed by atoms with Crippen molar-refractivity contribution in [2.45, 2.75) is 16.7 Å². The number of hydrogen-bond acceptors (Lipinski definition) is 4. The maximum Gasteiger partial charge on any atom is 0.272 e. The average Bonchev–Trinajstić information content (AvgIpc) is 2.64. The number of nitrogens with zero attached hydrogens (tertiary/aromatic N) is 1. The number of hydrogen-bond donors (Lipinski definition) is 1. The zero-order chi connectivity index (χ0) is 19.4. The standard InChI is InChI=1S/C20H15ClN2O3S/c1-13-11-14(7-9-18(13)23(25)26)20(24)22-17-12-15(21)8-10-19(17)27-16-5-3-2-4-6-16/h2-12H,1H3,(H,22,24). The molecule has 3 aromatic carbocycles. The van der Waals surface area contributed by atoms with Crippen molar-refractivity contribution < 1.29 is 9.72 Å². The van der Waals surface area contributed by atoms with E-state index in [2.05, 4.69) is 5.32 Å². The summed E-state index contributed by atoms with van der Waals surface area (Å²) in [5.74, 6) is -0.356. The predicted molar refractivity (Wildman–Crippen MR) is 108 cm³/mol. The molecule has 0 aliphatic heterocycles. The number of halogens is 1. The molecule has 0 unspecified atom stereocenters. The number of rotatable bonds is 5. The van der Waals surface area contributed by atoms with E-state index in [0.29, 0.717) is 21.8 Å². The Morgan fingerprint density at radius 2 is 1.81 bits per heavy atom. The second-order valence-corrected chi connectivity index (χ2v) is 7.32. The molecule has 0 radical (unpaired) electrons. The maximum atomic E-state index is 12.6. The highest BCUT2D eigenvalue weighted by atomic mass is 35.5. The summed E-state index contributed by atoms with van der Waals surface area (Å²) in [5, 5.41) is 14.3. The lowest BCUT2D eigenvalue weighted by atomic mass is 10.1. The Bertz CT molecular complexity index is 1010. The molecule has 0 aliphatic rings. The van der Waals surface area contributed by atoms with E-state index in [1.807, 2.05) is 36.4 Å². The Hall–Kier alpha value is -2.83. The fourth-order valence-electron chi connectivity index (χ4n) is 2.50. The van der Waals surface area contributed by atoms with Gasteiger partial charge in [0.25, 0.3) is 11.6 Å². The van der Waals surface area contributed by atoms with Crippen LogP contribution in [0.1, 0.15) is 15.9 Å². The van der Waals surface area contributed by atoms with Crippen LogP contribution < -0.4 is 5.32 Å². The Balaban J connectivity index is 1.86. The second-order valence-electron chi connectivity index (χ2n) is 5.77. The van der Waals surface area contributed by atoms with Crippen LogP contribution in [0.3, 0.4) is 0 Å². The maximum absolute atomic E-state index is 12.6. The smallest absolute Gasteiger partial charge is 0.272 e. The summed E-state index contributed by atoms with van der Waals surface area (Å²) in [5.41, 5.74) is 1.33. The minimum Gasteiger partial charge on any atom is -0.321 e. The van der Waals surface area contributed by atoms with E-state index < -0.39 is 4.92 Å². The molecule has 136 valence electrons. The third-order valence-corrected chi connectivity index (χ3v) is 5.14. The van der Waals surface area contributed by atoms with Gasteiger partial charge >= 0.3 is 0 Å². The van der Waals surface area contributed by atoms with Crippen LogP contribution in [0.5, 0.6) is 0 Å². The van der Waals surface area contributed by atoms with Gasteiger partial charge in [0, 0.05) is 32.0 Å². The Labute approximate surface area is 165 Å². The Kier molecular flexibility index (Phi) is 5.78. The van der Waals surface area contributed by atoms with E-state index in [1.165, 1.54) is 30.0 Å². The number of nitro benzene ring substituents is 1. The first-order valence-electron chi connectivity index (χ1n) is 8.03. The van der Waals surface area contributed by atoms with Crippen LogP contribution in [0.4, 0.5) is 11.4 Å². The van der Waals surface area contributed by atoms with Gasteiger partial charge in [0.1, 0.15) is 0 Å². The zero-order valence-corrected chi connectivity index (χ0v) is 15.9. The molecule has 3 rings (SSSR count). The van der Waals surface area contributed by atoms with Crippen LogP contribution in [0.15, 0.2) is 76.5 Å². The van der Waals surface area contributed by atoms with Crippen LogP contribution in [-0.4, -0.2) is 10.8 Å². The minimum atomic E-state index is -0.470. The van der Waals surface area contributed by atoms with E-state index in [1.54, 1.807) is 19.1 Å². The minimum absolute atomic E-state index is 0.0189. The number of nitrogens with one attached hydrogen (secondary N) is 1. The molecule has 3 aromatic rings. The van der Waals surface area contributed by atoms with Gasteiger partial charge in [-0.05, 0) is 49.4 Å². The number of carbonyl (C=O) groups excluding carboxylic acids is 1. The summed E-state index contributed by atoms with van der Waals surface area (Å²) in [6.45, 7) is 1.60. The van der Waals surface area contributed by atoms with Crippen LogP contribution in [0, 0.1) is 17.0 Å². The van der Waals surface area contributed by atoms with Gasteiger partial charge < -0.3 is 5.32 Å². The summed E-state index contributed by atoms with van der Waals surface area (Å²) < 4.78 is 0. The largest absolute Gasteiger partial charge is 0.321 e. The molecule has 0 heterocycles. The van der Waals surface area contributed by atoms with Gasteiger partial charge in [-0.1, -0.05) is 41.6 Å². The highest BCUT2D eigenvalue weighted by Gasteiger charge is 2.15. The summed E-state index contributed by atoms with van der Waals surface area (Å²) in [6, 6.07) is 19.3. The van der Waals surface area contributed by atoms with Crippen LogP contribution in [0.25, 0.3) is 0 Å². The summed E-state index contributed by atoms with van der Waals surface area (Å²) >= 11 is 7.60. The first kappa shape index (κ1) is 18.9. The lowest BCUT2D eigenvalue weighted by Gasteiger charge is -2.12. The van der Waals surface area contributed by atoms with E-state index >= 15 is 0 Å². The molecule has 5 nitrogen and oxygen atoms in total. The van der Waals surface area contributed by atoms with E-state index in [-0.39, 0.29) is 11.6 Å². The molecule has 0 spiro atoms. The number of benzene rings is 3. The molecular formula is C20H15ClN2O3S. The van der Waals surface area contributed by atoms with Crippen LogP contribution in [0.2, 0.25) is 5.02 Å². The quantitative estimate of drug-likeness (QED) is 0.425. The monoisotopic (exact) mass is 398 g/mol. The molecule has 0 saturated heterocycles. The molecule has 0 bridgehead atoms. The Morgan fingerprint density at radius 3 is 2.48 bits per heavy atom. The summed E-state index contributed by atoms with van der Waals surface area (Å²) in [4.78, 5) is 25.0. The second kappa shape index (κ2) is 8.24. The molecule has 27 heavy (non-hydrogen) atoms. The molecule has 0 aliphatic carbocycles. The van der Waals surface area contributed by atoms with Gasteiger partial charge in [-0.15, -0.1) is 0 Å². The normalized spacial score (nSPS) is 10.4. The molecule has 0 fully saturated rings. The SMILES string of the molecule is Cc1cc(C(=O)Nc2cc(Cl)ccc2Sc2ccccc2)ccc1[N+](=O)[O-]. The van der Waals surface area contributed by atoms with Crippen molar-refractivity contribution in [1.29, 1.82) is 0 Å². The van der Waals surface area contributed by atoms with Crippen molar-refractivity contribution in [3.05, 3.63) is 93.0 Å². The lowest BCUT2D eigenvalue weighted by Crippen LogP contribution is -2.13. The molecule has 0 saturated carbocycles. The van der Waals surface area contributed by atoms with Crippen LogP contribution >= 0.6 is 23.4 Å². The van der Waals surface area contributed by atoms with Crippen molar-refractivity contribution >= 4 is 40.6 Å². The van der Waals surface area contributed by atoms with Crippen molar-refractivity contribution in [1.82, 2.24) is 0 Å². The van der Waals surface area contributed by atoms with Crippen molar-refractivity contribution in [2.75, 3.05) is 5.32 Å². The van der Waals surface area contributed by atoms with E-state index in [4.69, 9.17) is 11.6 Å². The summed E-state index contributed by atoms with van der Waals surface area (Å²) in [6.07, 6.45) is 0. The highest BCUT2D eigenvalue weighted by molar-refractivity contribution is 7.99. The number of aryl methyl sites for hydroxylation is 1. The van der Waals surface area contributed by atoms with Gasteiger partial charge in [0.2, 0.25) is 0 Å². The summed E-state index contributed by atoms with van der Waals surface area (Å²) in [7, 11) is 0. The number of carbonyl (C=O) groups is 1. The Morgan fingerprint density at radius 1 is 1.07 bits per heavy atom. The van der Waals surface area contributed by atoms with Crippen molar-refractivity contribution in [2.24, 2.45) is 0 Å². The van der Waals surface area contributed by atoms with Crippen molar-refractivity contribution in [3.8, 4) is 0 Å². The van der Waals surface area contributed by atoms with E-state index in [9.17, 15) is 14.9 Å². The predicted octanol–water partition coefficient (Wildman–Crippen LogP) is 5.96. The number of anilines is 1. The highest BCUT2D eigenvalue weighted by Crippen LogP contribution is 2.35. The van der Waals surface area contributed by atoms with Crippen molar-refractivity contribution in [3.63, 3.8) is 0 Å². The number of amides is 1. The average molecular weight is 399 g/mol. The van der Waals surface area contributed by atoms with Crippen LogP contribution in [-0.2, 0) is 0 Å². The van der Waals surface area contributed by atoms with Gasteiger partial charge in [-0.2, -0.15) is 0 Å². The molecule has 0 aromatic heterocycles. The fraction of sp³-hybridized carbons (Fsp3) is 0.0500. The zero-order valence-electron chi connectivity index (χ0n) is 14.3. The van der Waals surface area contributed by atoms with Gasteiger partial charge in [0.05, 0.1) is 10.6 Å². The molecule has 7 heteroatoms. The molecule has 1 N–H and O–H groups in total. The fourth-order valence-corrected chi connectivity index (χ4v) is 3.58. The lowest BCUT2D eigenvalue weighted by molar-refractivity contribution is -0.385. The molecule has 0 atom stereocenters. The molecular weight excluding hydrogens is 384 g/mol. The van der Waals surface area contributed by atoms with Gasteiger partial charge in [0.15, 0.2) is 0 Å². The molecule has 1 amide bonds. The third kappa shape index (κ3) is 4.67.